The zero-order valence-electron chi connectivity index (χ0n) is 9.69. The number of hydrogen-bond donors (Lipinski definition) is 0. The Kier molecular flexibility index (Phi) is 1.93. The molecule has 0 spiro atoms. The highest BCUT2D eigenvalue weighted by atomic mass is 16.5. The van der Waals surface area contributed by atoms with Gasteiger partial charge in [0, 0.05) is 11.5 Å². The van der Waals surface area contributed by atoms with Crippen LogP contribution in [0.4, 0.5) is 0 Å². The molecule has 0 aliphatic carbocycles. The second kappa shape index (κ2) is 3.23. The van der Waals surface area contributed by atoms with E-state index in [-0.39, 0.29) is 11.2 Å². The van der Waals surface area contributed by atoms with Crippen LogP contribution in [0.25, 0.3) is 17.0 Å². The Hall–Kier alpha value is -2.03. The van der Waals surface area contributed by atoms with Crippen LogP contribution in [0.1, 0.15) is 19.4 Å². The van der Waals surface area contributed by atoms with E-state index in [2.05, 4.69) is 0 Å². The summed E-state index contributed by atoms with van der Waals surface area (Å²) in [7, 11) is 0. The van der Waals surface area contributed by atoms with Gasteiger partial charge in [-0.3, -0.25) is 0 Å². The first kappa shape index (κ1) is 10.1. The van der Waals surface area contributed by atoms with E-state index < -0.39 is 0 Å². The fourth-order valence-electron chi connectivity index (χ4n) is 1.98. The van der Waals surface area contributed by atoms with E-state index in [4.69, 9.17) is 9.15 Å². The summed E-state index contributed by atoms with van der Waals surface area (Å²) in [5.41, 5.74) is 0.751. The molecule has 0 radical (unpaired) electrons. The molecule has 0 N–H and O–H groups in total. The van der Waals surface area contributed by atoms with E-state index in [0.717, 1.165) is 16.7 Å². The molecule has 0 bridgehead atoms. The lowest BCUT2D eigenvalue weighted by atomic mass is 10.0. The van der Waals surface area contributed by atoms with Crippen LogP contribution in [-0.4, -0.2) is 5.60 Å². The first-order valence-corrected chi connectivity index (χ1v) is 5.50. The van der Waals surface area contributed by atoms with E-state index >= 15 is 0 Å². The molecule has 1 aromatic carbocycles. The molecule has 1 aliphatic heterocycles. The second-order valence-electron chi connectivity index (χ2n) is 4.69. The van der Waals surface area contributed by atoms with Crippen molar-refractivity contribution >= 4 is 17.0 Å². The molecule has 0 atom stereocenters. The van der Waals surface area contributed by atoms with Crippen molar-refractivity contribution in [3.05, 3.63) is 46.3 Å². The smallest absolute Gasteiger partial charge is 0.336 e. The largest absolute Gasteiger partial charge is 0.483 e. The topological polar surface area (TPSA) is 39.4 Å². The van der Waals surface area contributed by atoms with Gasteiger partial charge in [0.1, 0.15) is 16.9 Å². The van der Waals surface area contributed by atoms with Crippen LogP contribution in [-0.2, 0) is 0 Å². The molecule has 3 heteroatoms. The summed E-state index contributed by atoms with van der Waals surface area (Å²) in [4.78, 5) is 11.3. The molecule has 0 saturated heterocycles. The SMILES string of the molecule is CC1(C)C=Cc2c(ccc3ccc(=O)oc23)O1. The standard InChI is InChI=1S/C14H12O3/c1-14(2)8-7-10-11(17-14)5-3-9-4-6-12(15)16-13(9)10/h3-8H,1-2H3. The minimum atomic E-state index is -0.343. The first-order valence-electron chi connectivity index (χ1n) is 5.50. The average Bonchev–Trinajstić information content (AvgIpc) is 2.27. The maximum atomic E-state index is 11.3. The minimum absolute atomic E-state index is 0.324. The highest BCUT2D eigenvalue weighted by Gasteiger charge is 2.23. The van der Waals surface area contributed by atoms with Gasteiger partial charge < -0.3 is 9.15 Å². The normalized spacial score (nSPS) is 16.6. The van der Waals surface area contributed by atoms with Crippen molar-refractivity contribution in [2.75, 3.05) is 0 Å². The molecule has 0 amide bonds. The van der Waals surface area contributed by atoms with Crippen LogP contribution >= 0.6 is 0 Å². The monoisotopic (exact) mass is 228 g/mol. The lowest BCUT2D eigenvalue weighted by Crippen LogP contribution is -2.27. The molecular weight excluding hydrogens is 216 g/mol. The summed E-state index contributed by atoms with van der Waals surface area (Å²) in [5.74, 6) is 0.749. The third kappa shape index (κ3) is 1.64. The van der Waals surface area contributed by atoms with E-state index in [0.29, 0.717) is 5.58 Å². The van der Waals surface area contributed by atoms with E-state index in [1.807, 2.05) is 38.1 Å². The predicted octanol–water partition coefficient (Wildman–Crippen LogP) is 2.98. The van der Waals surface area contributed by atoms with Crippen LogP contribution < -0.4 is 10.4 Å². The second-order valence-corrected chi connectivity index (χ2v) is 4.69. The van der Waals surface area contributed by atoms with E-state index in [9.17, 15) is 4.79 Å². The highest BCUT2D eigenvalue weighted by molar-refractivity contribution is 5.88. The van der Waals surface area contributed by atoms with Gasteiger partial charge in [0.2, 0.25) is 0 Å². The van der Waals surface area contributed by atoms with Crippen LogP contribution in [0.3, 0.4) is 0 Å². The lowest BCUT2D eigenvalue weighted by molar-refractivity contribution is 0.159. The van der Waals surface area contributed by atoms with Gasteiger partial charge in [0.25, 0.3) is 0 Å². The number of fused-ring (bicyclic) bond motifs is 3. The summed E-state index contributed by atoms with van der Waals surface area (Å²) in [6, 6.07) is 6.98. The Labute approximate surface area is 98.3 Å². The number of hydrogen-bond acceptors (Lipinski definition) is 3. The Morgan fingerprint density at radius 1 is 1.12 bits per heavy atom. The van der Waals surface area contributed by atoms with Gasteiger partial charge in [-0.05, 0) is 44.2 Å². The van der Waals surface area contributed by atoms with Crippen molar-refractivity contribution in [2.45, 2.75) is 19.4 Å². The fraction of sp³-hybridized carbons (Fsp3) is 0.214. The Bertz CT molecular complexity index is 677. The molecule has 86 valence electrons. The van der Waals surface area contributed by atoms with Crippen LogP contribution in [0.2, 0.25) is 0 Å². The minimum Gasteiger partial charge on any atom is -0.483 e. The molecule has 17 heavy (non-hydrogen) atoms. The first-order chi connectivity index (χ1) is 8.05. The summed E-state index contributed by atoms with van der Waals surface area (Å²) in [5, 5.41) is 0.899. The molecule has 3 nitrogen and oxygen atoms in total. The zero-order valence-corrected chi connectivity index (χ0v) is 9.69. The molecule has 1 aromatic heterocycles. The van der Waals surface area contributed by atoms with Crippen molar-refractivity contribution in [3.63, 3.8) is 0 Å². The van der Waals surface area contributed by atoms with Crippen molar-refractivity contribution in [3.8, 4) is 5.75 Å². The molecular formula is C14H12O3. The van der Waals surface area contributed by atoms with E-state index in [1.54, 1.807) is 6.07 Å². The predicted molar refractivity (Wildman–Crippen MR) is 66.2 cm³/mol. The van der Waals surface area contributed by atoms with Gasteiger partial charge in [-0.1, -0.05) is 0 Å². The summed E-state index contributed by atoms with van der Waals surface area (Å²) in [6.45, 7) is 3.97. The fourth-order valence-corrected chi connectivity index (χ4v) is 1.98. The van der Waals surface area contributed by atoms with Crippen molar-refractivity contribution < 1.29 is 9.15 Å². The average molecular weight is 228 g/mol. The van der Waals surface area contributed by atoms with Crippen LogP contribution in [0, 0.1) is 0 Å². The molecule has 0 fully saturated rings. The summed E-state index contributed by atoms with van der Waals surface area (Å²) in [6.07, 6.45) is 3.91. The van der Waals surface area contributed by atoms with Gasteiger partial charge >= 0.3 is 5.63 Å². The molecule has 0 unspecified atom stereocenters. The number of ether oxygens (including phenoxy) is 1. The Balaban J connectivity index is 2.34. The van der Waals surface area contributed by atoms with Gasteiger partial charge in [-0.2, -0.15) is 0 Å². The Morgan fingerprint density at radius 2 is 1.88 bits per heavy atom. The molecule has 2 aromatic rings. The van der Waals surface area contributed by atoms with Crippen molar-refractivity contribution in [1.82, 2.24) is 0 Å². The number of rotatable bonds is 0. The van der Waals surface area contributed by atoms with Gasteiger partial charge in [-0.25, -0.2) is 4.79 Å². The van der Waals surface area contributed by atoms with Gasteiger partial charge in [-0.15, -0.1) is 0 Å². The zero-order chi connectivity index (χ0) is 12.0. The molecule has 1 aliphatic rings. The van der Waals surface area contributed by atoms with E-state index in [1.165, 1.54) is 6.07 Å². The quantitative estimate of drug-likeness (QED) is 0.651. The van der Waals surface area contributed by atoms with Crippen LogP contribution in [0.15, 0.2) is 39.6 Å². The van der Waals surface area contributed by atoms with Crippen LogP contribution in [0.5, 0.6) is 5.75 Å². The third-order valence-corrected chi connectivity index (χ3v) is 2.81. The summed E-state index contributed by atoms with van der Waals surface area (Å²) >= 11 is 0. The maximum Gasteiger partial charge on any atom is 0.336 e. The number of benzene rings is 1. The maximum absolute atomic E-state index is 11.3. The van der Waals surface area contributed by atoms with Gasteiger partial charge in [0.05, 0.1) is 5.56 Å². The summed E-state index contributed by atoms with van der Waals surface area (Å²) < 4.78 is 11.1. The van der Waals surface area contributed by atoms with Crippen molar-refractivity contribution in [1.29, 1.82) is 0 Å². The highest BCUT2D eigenvalue weighted by Crippen LogP contribution is 2.35. The van der Waals surface area contributed by atoms with Gasteiger partial charge in [0.15, 0.2) is 0 Å². The van der Waals surface area contributed by atoms with Crippen molar-refractivity contribution in [2.24, 2.45) is 0 Å². The molecule has 0 saturated carbocycles. The Morgan fingerprint density at radius 3 is 2.71 bits per heavy atom. The lowest BCUT2D eigenvalue weighted by Gasteiger charge is -2.27. The molecule has 3 rings (SSSR count). The molecule has 2 heterocycles. The third-order valence-electron chi connectivity index (χ3n) is 2.81.